The summed E-state index contributed by atoms with van der Waals surface area (Å²) >= 11 is 0. The molecule has 0 spiro atoms. The maximum Gasteiger partial charge on any atom is 0.255 e. The van der Waals surface area contributed by atoms with E-state index in [4.69, 9.17) is 0 Å². The molecule has 5 nitrogen and oxygen atoms in total. The first-order valence-electron chi connectivity index (χ1n) is 7.70. The fourth-order valence-corrected chi connectivity index (χ4v) is 3.54. The third-order valence-corrected chi connectivity index (χ3v) is 5.34. The van der Waals surface area contributed by atoms with Crippen LogP contribution in [0, 0.1) is 13.8 Å². The number of hydrogen-bond donors (Lipinski definition) is 2. The summed E-state index contributed by atoms with van der Waals surface area (Å²) in [6.07, 6.45) is 0. The minimum Gasteiger partial charge on any atom is -0.322 e. The van der Waals surface area contributed by atoms with Gasteiger partial charge in [0.1, 0.15) is 0 Å². The summed E-state index contributed by atoms with van der Waals surface area (Å²) in [7, 11) is -3.53. The van der Waals surface area contributed by atoms with Gasteiger partial charge in [0.05, 0.1) is 4.90 Å². The summed E-state index contributed by atoms with van der Waals surface area (Å²) in [4.78, 5) is 12.5. The molecular formula is C18H22N2O3S. The molecule has 0 aliphatic heterocycles. The van der Waals surface area contributed by atoms with E-state index < -0.39 is 10.0 Å². The van der Waals surface area contributed by atoms with Gasteiger partial charge in [-0.2, -0.15) is 0 Å². The van der Waals surface area contributed by atoms with Crippen LogP contribution in [0.25, 0.3) is 0 Å². The molecule has 128 valence electrons. The number of carbonyl (C=O) groups excluding carboxylic acids is 1. The molecule has 2 N–H and O–H groups in total. The Hall–Kier alpha value is -2.18. The molecule has 0 atom stereocenters. The maximum absolute atomic E-state index is 12.4. The number of hydrogen-bond acceptors (Lipinski definition) is 3. The van der Waals surface area contributed by atoms with Crippen molar-refractivity contribution in [3.05, 3.63) is 59.2 Å². The molecule has 1 amide bonds. The zero-order valence-electron chi connectivity index (χ0n) is 14.3. The lowest BCUT2D eigenvalue weighted by Crippen LogP contribution is -2.30. The quantitative estimate of drug-likeness (QED) is 0.873. The molecule has 0 saturated heterocycles. The van der Waals surface area contributed by atoms with Gasteiger partial charge in [0.15, 0.2) is 0 Å². The Kier molecular flexibility index (Phi) is 5.41. The summed E-state index contributed by atoms with van der Waals surface area (Å²) in [5.41, 5.74) is 3.12. The molecule has 0 aliphatic rings. The molecule has 0 aromatic heterocycles. The smallest absolute Gasteiger partial charge is 0.255 e. The molecule has 0 radical (unpaired) electrons. The number of carbonyl (C=O) groups is 1. The molecule has 2 aromatic rings. The summed E-state index contributed by atoms with van der Waals surface area (Å²) < 4.78 is 26.7. The van der Waals surface area contributed by atoms with E-state index in [0.717, 1.165) is 11.1 Å². The molecule has 2 aromatic carbocycles. The number of amides is 1. The van der Waals surface area contributed by atoms with Crippen LogP contribution >= 0.6 is 0 Å². The van der Waals surface area contributed by atoms with Gasteiger partial charge < -0.3 is 5.32 Å². The van der Waals surface area contributed by atoms with Crippen LogP contribution in [0.1, 0.15) is 35.3 Å². The predicted octanol–water partition coefficient (Wildman–Crippen LogP) is 3.24. The van der Waals surface area contributed by atoms with E-state index in [9.17, 15) is 13.2 Å². The van der Waals surface area contributed by atoms with Gasteiger partial charge in [-0.1, -0.05) is 12.1 Å². The fourth-order valence-electron chi connectivity index (χ4n) is 2.29. The second-order valence-corrected chi connectivity index (χ2v) is 7.72. The largest absolute Gasteiger partial charge is 0.322 e. The van der Waals surface area contributed by atoms with Crippen LogP contribution in [0.5, 0.6) is 0 Å². The first kappa shape index (κ1) is 18.2. The molecule has 0 bridgehead atoms. The van der Waals surface area contributed by atoms with Crippen molar-refractivity contribution in [1.82, 2.24) is 4.72 Å². The van der Waals surface area contributed by atoms with E-state index in [0.29, 0.717) is 11.3 Å². The van der Waals surface area contributed by atoms with Gasteiger partial charge in [-0.05, 0) is 69.2 Å². The second-order valence-electron chi connectivity index (χ2n) is 6.00. The lowest BCUT2D eigenvalue weighted by atomic mass is 10.0. The molecule has 0 aliphatic carbocycles. The van der Waals surface area contributed by atoms with Gasteiger partial charge in [0.2, 0.25) is 10.0 Å². The third-order valence-electron chi connectivity index (χ3n) is 3.66. The van der Waals surface area contributed by atoms with Crippen LogP contribution in [0.15, 0.2) is 47.4 Å². The first-order chi connectivity index (χ1) is 11.2. The standard InChI is InChI=1S/C18H22N2O3S/c1-12(2)20-24(22,23)16-10-8-15(9-11-16)19-18(21)17-7-5-6-13(3)14(17)4/h5-12,20H,1-4H3,(H,19,21). The van der Waals surface area contributed by atoms with Crippen LogP contribution in [0.3, 0.4) is 0 Å². The average molecular weight is 346 g/mol. The molecule has 0 heterocycles. The highest BCUT2D eigenvalue weighted by Crippen LogP contribution is 2.17. The Bertz CT molecular complexity index is 841. The molecular weight excluding hydrogens is 324 g/mol. The van der Waals surface area contributed by atoms with Crippen molar-refractivity contribution in [1.29, 1.82) is 0 Å². The normalized spacial score (nSPS) is 11.5. The van der Waals surface area contributed by atoms with Gasteiger partial charge in [-0.15, -0.1) is 0 Å². The van der Waals surface area contributed by atoms with E-state index in [1.165, 1.54) is 12.1 Å². The highest BCUT2D eigenvalue weighted by atomic mass is 32.2. The minimum absolute atomic E-state index is 0.168. The zero-order valence-corrected chi connectivity index (χ0v) is 15.1. The first-order valence-corrected chi connectivity index (χ1v) is 9.19. The fraction of sp³-hybridized carbons (Fsp3) is 0.278. The lowest BCUT2D eigenvalue weighted by molar-refractivity contribution is 0.102. The number of anilines is 1. The van der Waals surface area contributed by atoms with Crippen LogP contribution < -0.4 is 10.0 Å². The second kappa shape index (κ2) is 7.15. The Morgan fingerprint density at radius 1 is 1.00 bits per heavy atom. The number of aryl methyl sites for hydroxylation is 1. The summed E-state index contributed by atoms with van der Waals surface area (Å²) in [6, 6.07) is 11.5. The van der Waals surface area contributed by atoms with Gasteiger partial charge in [0.25, 0.3) is 5.91 Å². The summed E-state index contributed by atoms with van der Waals surface area (Å²) in [6.45, 7) is 7.37. The SMILES string of the molecule is Cc1cccc(C(=O)Nc2ccc(S(=O)(=O)NC(C)C)cc2)c1C. The molecule has 0 unspecified atom stereocenters. The zero-order chi connectivity index (χ0) is 17.9. The van der Waals surface area contributed by atoms with Crippen molar-refractivity contribution in [3.8, 4) is 0 Å². The maximum atomic E-state index is 12.4. The van der Waals surface area contributed by atoms with Gasteiger partial charge in [-0.25, -0.2) is 13.1 Å². The van der Waals surface area contributed by atoms with E-state index >= 15 is 0 Å². The number of sulfonamides is 1. The number of rotatable bonds is 5. The summed E-state index contributed by atoms with van der Waals surface area (Å²) in [5, 5.41) is 2.79. The molecule has 24 heavy (non-hydrogen) atoms. The van der Waals surface area contributed by atoms with Crippen LogP contribution in [0.4, 0.5) is 5.69 Å². The molecule has 2 rings (SSSR count). The van der Waals surface area contributed by atoms with Crippen LogP contribution in [-0.2, 0) is 10.0 Å². The van der Waals surface area contributed by atoms with Gasteiger partial charge in [-0.3, -0.25) is 4.79 Å². The van der Waals surface area contributed by atoms with Crippen molar-refractivity contribution >= 4 is 21.6 Å². The van der Waals surface area contributed by atoms with Crippen molar-refractivity contribution in [3.63, 3.8) is 0 Å². The van der Waals surface area contributed by atoms with E-state index in [1.807, 2.05) is 26.0 Å². The van der Waals surface area contributed by atoms with Crippen molar-refractivity contribution in [2.75, 3.05) is 5.32 Å². The van der Waals surface area contributed by atoms with E-state index in [1.54, 1.807) is 32.0 Å². The number of nitrogens with one attached hydrogen (secondary N) is 2. The lowest BCUT2D eigenvalue weighted by Gasteiger charge is -2.11. The Morgan fingerprint density at radius 3 is 2.21 bits per heavy atom. The Balaban J connectivity index is 2.17. The highest BCUT2D eigenvalue weighted by molar-refractivity contribution is 7.89. The van der Waals surface area contributed by atoms with E-state index in [2.05, 4.69) is 10.0 Å². The summed E-state index contributed by atoms with van der Waals surface area (Å²) in [5.74, 6) is -0.216. The van der Waals surface area contributed by atoms with Gasteiger partial charge in [0, 0.05) is 17.3 Å². The van der Waals surface area contributed by atoms with Crippen molar-refractivity contribution in [2.45, 2.75) is 38.6 Å². The Morgan fingerprint density at radius 2 is 1.62 bits per heavy atom. The number of benzene rings is 2. The van der Waals surface area contributed by atoms with Gasteiger partial charge >= 0.3 is 0 Å². The third kappa shape index (κ3) is 4.21. The average Bonchev–Trinajstić information content (AvgIpc) is 2.49. The minimum atomic E-state index is -3.53. The molecule has 6 heteroatoms. The van der Waals surface area contributed by atoms with Crippen molar-refractivity contribution in [2.24, 2.45) is 0 Å². The molecule has 0 fully saturated rings. The molecule has 0 saturated carbocycles. The predicted molar refractivity (Wildman–Crippen MR) is 95.8 cm³/mol. The van der Waals surface area contributed by atoms with E-state index in [-0.39, 0.29) is 16.8 Å². The highest BCUT2D eigenvalue weighted by Gasteiger charge is 2.15. The monoisotopic (exact) mass is 346 g/mol. The topological polar surface area (TPSA) is 75.3 Å². The van der Waals surface area contributed by atoms with Crippen LogP contribution in [-0.4, -0.2) is 20.4 Å². The van der Waals surface area contributed by atoms with Crippen molar-refractivity contribution < 1.29 is 13.2 Å². The van der Waals surface area contributed by atoms with Crippen LogP contribution in [0.2, 0.25) is 0 Å². The Labute approximate surface area is 143 Å².